The zero-order chi connectivity index (χ0) is 11.9. The fourth-order valence-electron chi connectivity index (χ4n) is 2.09. The number of rotatable bonds is 2. The third-order valence-corrected chi connectivity index (χ3v) is 4.74. The number of fused-ring (bicyclic) bond motifs is 1. The van der Waals surface area contributed by atoms with Crippen molar-refractivity contribution in [3.8, 4) is 0 Å². The van der Waals surface area contributed by atoms with E-state index < -0.39 is 0 Å². The molecule has 0 bridgehead atoms. The zero-order valence-electron chi connectivity index (χ0n) is 10.2. The van der Waals surface area contributed by atoms with Gasteiger partial charge in [0.25, 0.3) is 5.91 Å². The van der Waals surface area contributed by atoms with E-state index in [9.17, 15) is 4.79 Å². The molecular formula is C12H17NO2S. The number of amides is 1. The van der Waals surface area contributed by atoms with Crippen molar-refractivity contribution in [2.24, 2.45) is 0 Å². The predicted octanol–water partition coefficient (Wildman–Crippen LogP) is 2.61. The minimum atomic E-state index is -0.0577. The quantitative estimate of drug-likeness (QED) is 0.742. The van der Waals surface area contributed by atoms with Gasteiger partial charge in [-0.05, 0) is 29.9 Å². The molecule has 1 heterocycles. The summed E-state index contributed by atoms with van der Waals surface area (Å²) >= 11 is 1.61. The minimum Gasteiger partial charge on any atom is -0.274 e. The number of nitrogens with zero attached hydrogens (tertiary/aromatic N) is 1. The lowest BCUT2D eigenvalue weighted by atomic mass is 9.93. The number of carbonyl (C=O) groups is 1. The normalized spacial score (nSPS) is 17.2. The Hall–Kier alpha value is -0.870. The van der Waals surface area contributed by atoms with Crippen LogP contribution in [-0.2, 0) is 16.7 Å². The van der Waals surface area contributed by atoms with Crippen LogP contribution in [-0.4, -0.2) is 25.1 Å². The van der Waals surface area contributed by atoms with Crippen LogP contribution in [0.3, 0.4) is 0 Å². The van der Waals surface area contributed by atoms with Crippen molar-refractivity contribution in [3.05, 3.63) is 21.4 Å². The van der Waals surface area contributed by atoms with Crippen LogP contribution in [0, 0.1) is 0 Å². The SMILES string of the molecule is CON(C)C(=O)c1cc2c(s1)C(C)(C)CC2. The van der Waals surface area contributed by atoms with Crippen LogP contribution in [0.15, 0.2) is 6.07 Å². The Morgan fingerprint density at radius 3 is 2.81 bits per heavy atom. The van der Waals surface area contributed by atoms with Gasteiger partial charge >= 0.3 is 0 Å². The Kier molecular flexibility index (Phi) is 2.80. The van der Waals surface area contributed by atoms with Gasteiger partial charge in [-0.2, -0.15) is 0 Å². The van der Waals surface area contributed by atoms with Gasteiger partial charge in [0.1, 0.15) is 0 Å². The van der Waals surface area contributed by atoms with Crippen LogP contribution in [0.25, 0.3) is 0 Å². The molecule has 1 aromatic heterocycles. The van der Waals surface area contributed by atoms with Crippen LogP contribution in [0.1, 0.15) is 40.4 Å². The number of aryl methyl sites for hydroxylation is 1. The van der Waals surface area contributed by atoms with Crippen molar-refractivity contribution < 1.29 is 9.63 Å². The monoisotopic (exact) mass is 239 g/mol. The molecule has 0 saturated heterocycles. The first kappa shape index (κ1) is 11.6. The Bertz CT molecular complexity index is 423. The lowest BCUT2D eigenvalue weighted by Gasteiger charge is -2.16. The molecular weight excluding hydrogens is 222 g/mol. The Morgan fingerprint density at radius 1 is 1.56 bits per heavy atom. The Balaban J connectivity index is 2.31. The number of carbonyl (C=O) groups excluding carboxylic acids is 1. The van der Waals surface area contributed by atoms with Crippen molar-refractivity contribution in [2.75, 3.05) is 14.2 Å². The van der Waals surface area contributed by atoms with Crippen molar-refractivity contribution in [3.63, 3.8) is 0 Å². The summed E-state index contributed by atoms with van der Waals surface area (Å²) in [5, 5.41) is 1.27. The van der Waals surface area contributed by atoms with Crippen molar-refractivity contribution >= 4 is 17.2 Å². The molecule has 0 aromatic carbocycles. The summed E-state index contributed by atoms with van der Waals surface area (Å²) in [5.41, 5.74) is 1.56. The maximum absolute atomic E-state index is 11.9. The number of thiophene rings is 1. The predicted molar refractivity (Wildman–Crippen MR) is 64.8 cm³/mol. The lowest BCUT2D eigenvalue weighted by Crippen LogP contribution is -2.24. The summed E-state index contributed by atoms with van der Waals surface area (Å²) in [6.45, 7) is 4.48. The molecule has 0 saturated carbocycles. The molecule has 16 heavy (non-hydrogen) atoms. The van der Waals surface area contributed by atoms with E-state index in [-0.39, 0.29) is 11.3 Å². The van der Waals surface area contributed by atoms with Crippen molar-refractivity contribution in [1.29, 1.82) is 0 Å². The maximum Gasteiger partial charge on any atom is 0.287 e. The van der Waals surface area contributed by atoms with Crippen molar-refractivity contribution in [2.45, 2.75) is 32.1 Å². The van der Waals surface area contributed by atoms with Crippen LogP contribution < -0.4 is 0 Å². The van der Waals surface area contributed by atoms with Crippen LogP contribution in [0.2, 0.25) is 0 Å². The second-order valence-electron chi connectivity index (χ2n) is 4.83. The average Bonchev–Trinajstić information content (AvgIpc) is 2.78. The van der Waals surface area contributed by atoms with Crippen LogP contribution in [0.5, 0.6) is 0 Å². The lowest BCUT2D eigenvalue weighted by molar-refractivity contribution is -0.0753. The van der Waals surface area contributed by atoms with Gasteiger partial charge in [0.2, 0.25) is 0 Å². The highest BCUT2D eigenvalue weighted by Gasteiger charge is 2.33. The van der Waals surface area contributed by atoms with Gasteiger partial charge < -0.3 is 0 Å². The molecule has 1 amide bonds. The molecule has 2 rings (SSSR count). The zero-order valence-corrected chi connectivity index (χ0v) is 11.0. The molecule has 88 valence electrons. The molecule has 0 aliphatic heterocycles. The van der Waals surface area contributed by atoms with Crippen molar-refractivity contribution in [1.82, 2.24) is 5.06 Å². The molecule has 0 unspecified atom stereocenters. The first-order valence-corrected chi connectivity index (χ1v) is 6.22. The van der Waals surface area contributed by atoms with Gasteiger partial charge in [-0.15, -0.1) is 11.3 Å². The first-order chi connectivity index (χ1) is 7.45. The van der Waals surface area contributed by atoms with Crippen LogP contribution >= 0.6 is 11.3 Å². The molecule has 0 radical (unpaired) electrons. The number of hydrogen-bond donors (Lipinski definition) is 0. The van der Waals surface area contributed by atoms with E-state index in [0.717, 1.165) is 11.3 Å². The van der Waals surface area contributed by atoms with E-state index in [4.69, 9.17) is 4.84 Å². The molecule has 3 nitrogen and oxygen atoms in total. The summed E-state index contributed by atoms with van der Waals surface area (Å²) in [7, 11) is 3.14. The third kappa shape index (κ3) is 1.76. The molecule has 1 aliphatic carbocycles. The second kappa shape index (κ2) is 3.86. The van der Waals surface area contributed by atoms with E-state index in [1.54, 1.807) is 18.4 Å². The fraction of sp³-hybridized carbons (Fsp3) is 0.583. The third-order valence-electron chi connectivity index (χ3n) is 3.21. The largest absolute Gasteiger partial charge is 0.287 e. The molecule has 4 heteroatoms. The summed E-state index contributed by atoms with van der Waals surface area (Å²) in [6, 6.07) is 2.02. The Labute approximate surface area is 100.0 Å². The van der Waals surface area contributed by atoms with Gasteiger partial charge in [-0.3, -0.25) is 9.63 Å². The second-order valence-corrected chi connectivity index (χ2v) is 5.89. The smallest absolute Gasteiger partial charge is 0.274 e. The molecule has 0 N–H and O–H groups in total. The fourth-order valence-corrected chi connectivity index (χ4v) is 3.40. The van der Waals surface area contributed by atoms with E-state index in [1.165, 1.54) is 29.0 Å². The molecule has 0 fully saturated rings. The van der Waals surface area contributed by atoms with E-state index in [1.807, 2.05) is 6.07 Å². The van der Waals surface area contributed by atoms with Gasteiger partial charge in [-0.1, -0.05) is 13.8 Å². The van der Waals surface area contributed by atoms with Gasteiger partial charge in [0.05, 0.1) is 12.0 Å². The van der Waals surface area contributed by atoms with Gasteiger partial charge in [0.15, 0.2) is 0 Å². The standard InChI is InChI=1S/C12H17NO2S/c1-12(2)6-5-8-7-9(16-10(8)12)11(14)13(3)15-4/h7H,5-6H2,1-4H3. The minimum absolute atomic E-state index is 0.0577. The Morgan fingerprint density at radius 2 is 2.25 bits per heavy atom. The summed E-state index contributed by atoms with van der Waals surface area (Å²) in [4.78, 5) is 19.0. The van der Waals surface area contributed by atoms with E-state index in [2.05, 4.69) is 13.8 Å². The first-order valence-electron chi connectivity index (χ1n) is 5.41. The highest BCUT2D eigenvalue weighted by molar-refractivity contribution is 7.14. The van der Waals surface area contributed by atoms with E-state index in [0.29, 0.717) is 0 Å². The number of hydrogen-bond acceptors (Lipinski definition) is 3. The highest BCUT2D eigenvalue weighted by Crippen LogP contribution is 2.43. The topological polar surface area (TPSA) is 29.5 Å². The molecule has 1 aliphatic rings. The van der Waals surface area contributed by atoms with E-state index >= 15 is 0 Å². The summed E-state index contributed by atoms with van der Waals surface area (Å²) < 4.78 is 0. The van der Waals surface area contributed by atoms with Crippen LogP contribution in [0.4, 0.5) is 0 Å². The summed E-state index contributed by atoms with van der Waals surface area (Å²) in [6.07, 6.45) is 2.27. The number of hydroxylamine groups is 2. The average molecular weight is 239 g/mol. The molecule has 0 spiro atoms. The molecule has 1 aromatic rings. The summed E-state index contributed by atoms with van der Waals surface area (Å²) in [5.74, 6) is -0.0577. The van der Waals surface area contributed by atoms with Gasteiger partial charge in [0, 0.05) is 11.9 Å². The molecule has 0 atom stereocenters. The van der Waals surface area contributed by atoms with Gasteiger partial charge in [-0.25, -0.2) is 5.06 Å². The highest BCUT2D eigenvalue weighted by atomic mass is 32.1. The maximum atomic E-state index is 11.9.